The van der Waals surface area contributed by atoms with Crippen LogP contribution in [0, 0.1) is 5.82 Å². The van der Waals surface area contributed by atoms with Gasteiger partial charge < -0.3 is 0 Å². The first kappa shape index (κ1) is 15.6. The maximum Gasteiger partial charge on any atom is 0.215 e. The van der Waals surface area contributed by atoms with Gasteiger partial charge in [0.2, 0.25) is 10.0 Å². The summed E-state index contributed by atoms with van der Waals surface area (Å²) in [7, 11) is -3.53. The van der Waals surface area contributed by atoms with Crippen molar-refractivity contribution < 1.29 is 12.8 Å². The van der Waals surface area contributed by atoms with Crippen LogP contribution in [0.3, 0.4) is 0 Å². The minimum absolute atomic E-state index is 0.202. The Morgan fingerprint density at radius 2 is 2.00 bits per heavy atom. The molecule has 3 aromatic rings. The lowest BCUT2D eigenvalue weighted by atomic mass is 10.2. The van der Waals surface area contributed by atoms with E-state index in [1.807, 2.05) is 24.4 Å². The molecule has 120 valence electrons. The predicted molar refractivity (Wildman–Crippen MR) is 83.7 cm³/mol. The average molecular weight is 334 g/mol. The van der Waals surface area contributed by atoms with Crippen LogP contribution in [0.2, 0.25) is 0 Å². The van der Waals surface area contributed by atoms with Crippen molar-refractivity contribution >= 4 is 15.7 Å². The van der Waals surface area contributed by atoms with Crippen molar-refractivity contribution in [3.05, 3.63) is 65.9 Å². The molecule has 0 spiro atoms. The third kappa shape index (κ3) is 3.91. The number of halogens is 1. The number of rotatable bonds is 6. The Kier molecular flexibility index (Phi) is 4.35. The molecule has 0 saturated carbocycles. The first-order valence-corrected chi connectivity index (χ1v) is 8.69. The Bertz CT molecular complexity index is 924. The molecule has 1 N–H and O–H groups in total. The molecule has 8 heteroatoms. The first-order chi connectivity index (χ1) is 11.0. The molecule has 0 fully saturated rings. The van der Waals surface area contributed by atoms with Gasteiger partial charge in [0.15, 0.2) is 5.65 Å². The third-order valence-electron chi connectivity index (χ3n) is 3.30. The molecule has 3 rings (SSSR count). The second-order valence-electron chi connectivity index (χ2n) is 5.08. The molecule has 0 atom stereocenters. The molecule has 2 aromatic heterocycles. The summed E-state index contributed by atoms with van der Waals surface area (Å²) in [4.78, 5) is 0. The van der Waals surface area contributed by atoms with E-state index in [0.29, 0.717) is 23.5 Å². The first-order valence-electron chi connectivity index (χ1n) is 7.04. The lowest BCUT2D eigenvalue weighted by Crippen LogP contribution is -2.27. The van der Waals surface area contributed by atoms with E-state index in [-0.39, 0.29) is 12.3 Å². The fourth-order valence-electron chi connectivity index (χ4n) is 2.28. The molecule has 0 radical (unpaired) electrons. The van der Waals surface area contributed by atoms with E-state index in [2.05, 4.69) is 14.9 Å². The van der Waals surface area contributed by atoms with Crippen LogP contribution in [-0.4, -0.2) is 29.6 Å². The van der Waals surface area contributed by atoms with E-state index in [4.69, 9.17) is 0 Å². The molecule has 0 bridgehead atoms. The number of benzene rings is 1. The van der Waals surface area contributed by atoms with Crippen molar-refractivity contribution in [2.45, 2.75) is 12.2 Å². The Morgan fingerprint density at radius 3 is 2.83 bits per heavy atom. The number of sulfonamides is 1. The maximum atomic E-state index is 13.1. The number of nitrogens with one attached hydrogen (secondary N) is 1. The Hall–Kier alpha value is -2.32. The molecule has 23 heavy (non-hydrogen) atoms. The highest BCUT2D eigenvalue weighted by Gasteiger charge is 2.12. The summed E-state index contributed by atoms with van der Waals surface area (Å²) in [6.07, 6.45) is 2.24. The van der Waals surface area contributed by atoms with Crippen molar-refractivity contribution in [2.24, 2.45) is 0 Å². The normalized spacial score (nSPS) is 11.9. The minimum atomic E-state index is -3.53. The van der Waals surface area contributed by atoms with Crippen molar-refractivity contribution in [3.63, 3.8) is 0 Å². The number of pyridine rings is 1. The molecular weight excluding hydrogens is 319 g/mol. The molecule has 0 aliphatic rings. The van der Waals surface area contributed by atoms with Crippen molar-refractivity contribution in [2.75, 3.05) is 6.54 Å². The predicted octanol–water partition coefficient (Wildman–Crippen LogP) is 1.53. The molecule has 6 nitrogen and oxygen atoms in total. The van der Waals surface area contributed by atoms with Crippen LogP contribution in [0.25, 0.3) is 5.65 Å². The zero-order valence-electron chi connectivity index (χ0n) is 12.2. The Balaban J connectivity index is 1.61. The third-order valence-corrected chi connectivity index (χ3v) is 4.66. The van der Waals surface area contributed by atoms with E-state index in [0.717, 1.165) is 0 Å². The van der Waals surface area contributed by atoms with Gasteiger partial charge in [-0.15, -0.1) is 10.2 Å². The van der Waals surface area contributed by atoms with Crippen LogP contribution >= 0.6 is 0 Å². The van der Waals surface area contributed by atoms with Crippen molar-refractivity contribution in [1.29, 1.82) is 0 Å². The monoisotopic (exact) mass is 334 g/mol. The molecule has 0 unspecified atom stereocenters. The minimum Gasteiger partial charge on any atom is -0.286 e. The molecule has 0 aliphatic heterocycles. The highest BCUT2D eigenvalue weighted by molar-refractivity contribution is 7.88. The summed E-state index contributed by atoms with van der Waals surface area (Å²) in [5, 5.41) is 8.04. The molecule has 0 amide bonds. The maximum absolute atomic E-state index is 13.1. The lowest BCUT2D eigenvalue weighted by Gasteiger charge is -2.06. The number of aromatic nitrogens is 3. The van der Waals surface area contributed by atoms with E-state index in [9.17, 15) is 12.8 Å². The highest BCUT2D eigenvalue weighted by Crippen LogP contribution is 2.08. The van der Waals surface area contributed by atoms with Gasteiger partial charge in [-0.2, -0.15) is 0 Å². The van der Waals surface area contributed by atoms with Crippen LogP contribution in [-0.2, 0) is 22.2 Å². The second-order valence-corrected chi connectivity index (χ2v) is 6.89. The van der Waals surface area contributed by atoms with Crippen LogP contribution in [0.5, 0.6) is 0 Å². The van der Waals surface area contributed by atoms with Crippen molar-refractivity contribution in [3.8, 4) is 0 Å². The molecule has 2 heterocycles. The standard InChI is InChI=1S/C15H15FN4O2S/c16-13-5-3-4-12(10-13)11-23(21,22)17-8-7-15-19-18-14-6-1-2-9-20(14)15/h1-6,9-10,17H,7-8,11H2. The van der Waals surface area contributed by atoms with Crippen LogP contribution < -0.4 is 4.72 Å². The fourth-order valence-corrected chi connectivity index (χ4v) is 3.41. The van der Waals surface area contributed by atoms with E-state index in [1.165, 1.54) is 18.2 Å². The quantitative estimate of drug-likeness (QED) is 0.742. The highest BCUT2D eigenvalue weighted by atomic mass is 32.2. The topological polar surface area (TPSA) is 76.4 Å². The van der Waals surface area contributed by atoms with Gasteiger partial charge in [-0.1, -0.05) is 18.2 Å². The van der Waals surface area contributed by atoms with Gasteiger partial charge >= 0.3 is 0 Å². The summed E-state index contributed by atoms with van der Waals surface area (Å²) in [6, 6.07) is 11.1. The Morgan fingerprint density at radius 1 is 1.13 bits per heavy atom. The summed E-state index contributed by atoms with van der Waals surface area (Å²) >= 11 is 0. The molecular formula is C15H15FN4O2S. The number of fused-ring (bicyclic) bond motifs is 1. The van der Waals surface area contributed by atoms with E-state index in [1.54, 1.807) is 10.5 Å². The summed E-state index contributed by atoms with van der Waals surface area (Å²) < 4.78 is 41.5. The molecule has 1 aromatic carbocycles. The largest absolute Gasteiger partial charge is 0.286 e. The number of hydrogen-bond donors (Lipinski definition) is 1. The lowest BCUT2D eigenvalue weighted by molar-refractivity contribution is 0.579. The van der Waals surface area contributed by atoms with Gasteiger partial charge in [-0.3, -0.25) is 4.40 Å². The van der Waals surface area contributed by atoms with Gasteiger partial charge in [-0.05, 0) is 29.8 Å². The number of hydrogen-bond acceptors (Lipinski definition) is 4. The molecule has 0 saturated heterocycles. The summed E-state index contributed by atoms with van der Waals surface area (Å²) in [6.45, 7) is 0.202. The van der Waals surface area contributed by atoms with E-state index >= 15 is 0 Å². The zero-order valence-corrected chi connectivity index (χ0v) is 13.0. The van der Waals surface area contributed by atoms with Gasteiger partial charge in [-0.25, -0.2) is 17.5 Å². The van der Waals surface area contributed by atoms with Gasteiger partial charge in [0, 0.05) is 19.2 Å². The Labute approximate surface area is 133 Å². The van der Waals surface area contributed by atoms with Crippen LogP contribution in [0.4, 0.5) is 4.39 Å². The van der Waals surface area contributed by atoms with Crippen LogP contribution in [0.1, 0.15) is 11.4 Å². The zero-order chi connectivity index (χ0) is 16.3. The average Bonchev–Trinajstić information content (AvgIpc) is 2.90. The number of nitrogens with zero attached hydrogens (tertiary/aromatic N) is 3. The SMILES string of the molecule is O=S(=O)(Cc1cccc(F)c1)NCCc1nnc2ccccn12. The smallest absolute Gasteiger partial charge is 0.215 e. The van der Waals surface area contributed by atoms with Gasteiger partial charge in [0.1, 0.15) is 11.6 Å². The van der Waals surface area contributed by atoms with Gasteiger partial charge in [0.25, 0.3) is 0 Å². The van der Waals surface area contributed by atoms with Gasteiger partial charge in [0.05, 0.1) is 5.75 Å². The van der Waals surface area contributed by atoms with Crippen molar-refractivity contribution in [1.82, 2.24) is 19.3 Å². The van der Waals surface area contributed by atoms with E-state index < -0.39 is 15.8 Å². The molecule has 0 aliphatic carbocycles. The fraction of sp³-hybridized carbons (Fsp3) is 0.200. The second kappa shape index (κ2) is 6.43. The summed E-state index contributed by atoms with van der Waals surface area (Å²) in [5.74, 6) is -0.0348. The van der Waals surface area contributed by atoms with Crippen LogP contribution in [0.15, 0.2) is 48.7 Å². The summed E-state index contributed by atoms with van der Waals surface area (Å²) in [5.41, 5.74) is 1.12.